The van der Waals surface area contributed by atoms with Gasteiger partial charge in [-0.15, -0.1) is 0 Å². The van der Waals surface area contributed by atoms with Crippen LogP contribution in [0.4, 0.5) is 0 Å². The first-order chi connectivity index (χ1) is 15.4. The average Bonchev–Trinajstić information content (AvgIpc) is 3.22. The SMILES string of the molecule is CC[C@H](C)[C@H](NC(=O)[C@@H]1CCCN1C(=O)[C@H](CCC(N)=O)NC(=O)[C@@H](N)CC(C)C)C(=O)O. The monoisotopic (exact) mass is 469 g/mol. The quantitative estimate of drug-likeness (QED) is 0.245. The molecule has 188 valence electrons. The molecule has 1 aliphatic rings. The fraction of sp³-hybridized carbons (Fsp3) is 0.773. The second kappa shape index (κ2) is 13.1. The summed E-state index contributed by atoms with van der Waals surface area (Å²) in [7, 11) is 0. The molecule has 11 heteroatoms. The van der Waals surface area contributed by atoms with Gasteiger partial charge in [0.15, 0.2) is 0 Å². The van der Waals surface area contributed by atoms with Crippen LogP contribution in [0.5, 0.6) is 0 Å². The number of hydrogen-bond acceptors (Lipinski definition) is 6. The van der Waals surface area contributed by atoms with E-state index in [4.69, 9.17) is 11.5 Å². The first kappa shape index (κ1) is 28.3. The summed E-state index contributed by atoms with van der Waals surface area (Å²) in [6.45, 7) is 7.67. The number of likely N-dealkylation sites (tertiary alicyclic amines) is 1. The van der Waals surface area contributed by atoms with E-state index in [-0.39, 0.29) is 31.2 Å². The number of hydrogen-bond donors (Lipinski definition) is 5. The van der Waals surface area contributed by atoms with E-state index in [1.807, 2.05) is 20.8 Å². The summed E-state index contributed by atoms with van der Waals surface area (Å²) in [5, 5.41) is 14.6. The molecule has 1 rings (SSSR count). The van der Waals surface area contributed by atoms with Crippen LogP contribution in [0.25, 0.3) is 0 Å². The number of primary amides is 1. The highest BCUT2D eigenvalue weighted by atomic mass is 16.4. The van der Waals surface area contributed by atoms with Crippen molar-refractivity contribution in [2.24, 2.45) is 23.3 Å². The normalized spacial score (nSPS) is 19.5. The number of amides is 4. The molecule has 0 aromatic rings. The lowest BCUT2D eigenvalue weighted by atomic mass is 9.98. The molecule has 7 N–H and O–H groups in total. The first-order valence-electron chi connectivity index (χ1n) is 11.6. The highest BCUT2D eigenvalue weighted by Gasteiger charge is 2.39. The lowest BCUT2D eigenvalue weighted by Crippen LogP contribution is -2.57. The zero-order valence-electron chi connectivity index (χ0n) is 20.0. The topological polar surface area (TPSA) is 185 Å². The van der Waals surface area contributed by atoms with Crippen molar-refractivity contribution in [3.05, 3.63) is 0 Å². The van der Waals surface area contributed by atoms with E-state index in [1.165, 1.54) is 4.90 Å². The Balaban J connectivity index is 2.99. The van der Waals surface area contributed by atoms with Gasteiger partial charge in [0.1, 0.15) is 18.1 Å². The van der Waals surface area contributed by atoms with Crippen LogP contribution in [0, 0.1) is 11.8 Å². The summed E-state index contributed by atoms with van der Waals surface area (Å²) in [5.41, 5.74) is 11.2. The second-order valence-electron chi connectivity index (χ2n) is 9.20. The second-order valence-corrected chi connectivity index (χ2v) is 9.20. The van der Waals surface area contributed by atoms with Crippen LogP contribution in [0.1, 0.15) is 66.2 Å². The Morgan fingerprint density at radius 2 is 1.76 bits per heavy atom. The van der Waals surface area contributed by atoms with E-state index in [2.05, 4.69) is 10.6 Å². The van der Waals surface area contributed by atoms with Crippen molar-refractivity contribution < 1.29 is 29.1 Å². The van der Waals surface area contributed by atoms with Crippen LogP contribution >= 0.6 is 0 Å². The van der Waals surface area contributed by atoms with Gasteiger partial charge in [-0.05, 0) is 37.5 Å². The minimum Gasteiger partial charge on any atom is -0.480 e. The highest BCUT2D eigenvalue weighted by molar-refractivity contribution is 5.94. The predicted molar refractivity (Wildman–Crippen MR) is 122 cm³/mol. The zero-order chi connectivity index (χ0) is 25.3. The summed E-state index contributed by atoms with van der Waals surface area (Å²) in [4.78, 5) is 62.9. The van der Waals surface area contributed by atoms with Gasteiger partial charge in [0.05, 0.1) is 6.04 Å². The number of carboxylic acid groups (broad SMARTS) is 1. The van der Waals surface area contributed by atoms with E-state index in [1.54, 1.807) is 6.92 Å². The number of carboxylic acids is 1. The van der Waals surface area contributed by atoms with Crippen LogP contribution in [-0.4, -0.2) is 70.3 Å². The van der Waals surface area contributed by atoms with E-state index < -0.39 is 53.8 Å². The summed E-state index contributed by atoms with van der Waals surface area (Å²) in [5.74, 6) is -3.47. The van der Waals surface area contributed by atoms with Gasteiger partial charge in [-0.2, -0.15) is 0 Å². The predicted octanol–water partition coefficient (Wildman–Crippen LogP) is -0.283. The molecule has 4 amide bonds. The van der Waals surface area contributed by atoms with Gasteiger partial charge in [0.2, 0.25) is 23.6 Å². The molecule has 1 fully saturated rings. The van der Waals surface area contributed by atoms with Gasteiger partial charge >= 0.3 is 5.97 Å². The molecule has 0 aliphatic carbocycles. The fourth-order valence-electron chi connectivity index (χ4n) is 3.87. The number of nitrogens with zero attached hydrogens (tertiary/aromatic N) is 1. The van der Waals surface area contributed by atoms with Crippen LogP contribution in [0.3, 0.4) is 0 Å². The Labute approximate surface area is 195 Å². The third-order valence-corrected chi connectivity index (χ3v) is 5.97. The van der Waals surface area contributed by atoms with Gasteiger partial charge in [0, 0.05) is 13.0 Å². The molecular formula is C22H39N5O6. The van der Waals surface area contributed by atoms with E-state index in [0.29, 0.717) is 25.7 Å². The van der Waals surface area contributed by atoms with Gasteiger partial charge < -0.3 is 32.1 Å². The first-order valence-corrected chi connectivity index (χ1v) is 11.6. The maximum Gasteiger partial charge on any atom is 0.326 e. The highest BCUT2D eigenvalue weighted by Crippen LogP contribution is 2.21. The third-order valence-electron chi connectivity index (χ3n) is 5.97. The Hall–Kier alpha value is -2.69. The van der Waals surface area contributed by atoms with Crippen molar-refractivity contribution in [2.75, 3.05) is 6.54 Å². The maximum atomic E-state index is 13.3. The van der Waals surface area contributed by atoms with E-state index >= 15 is 0 Å². The molecule has 1 saturated heterocycles. The molecule has 0 aromatic heterocycles. The molecule has 0 spiro atoms. The molecule has 0 saturated carbocycles. The van der Waals surface area contributed by atoms with Crippen molar-refractivity contribution in [1.82, 2.24) is 15.5 Å². The fourth-order valence-corrected chi connectivity index (χ4v) is 3.87. The smallest absolute Gasteiger partial charge is 0.326 e. The maximum absolute atomic E-state index is 13.3. The van der Waals surface area contributed by atoms with Crippen molar-refractivity contribution in [1.29, 1.82) is 0 Å². The number of rotatable bonds is 13. The van der Waals surface area contributed by atoms with Crippen molar-refractivity contribution >= 4 is 29.6 Å². The molecular weight excluding hydrogens is 430 g/mol. The molecule has 33 heavy (non-hydrogen) atoms. The molecule has 0 aromatic carbocycles. The van der Waals surface area contributed by atoms with Crippen molar-refractivity contribution in [3.63, 3.8) is 0 Å². The standard InChI is InChI=1S/C22H39N5O6/c1-5-13(4)18(22(32)33)26-20(30)16-7-6-10-27(16)21(31)15(8-9-17(24)28)25-19(29)14(23)11-12(2)3/h12-16,18H,5-11,23H2,1-4H3,(H2,24,28)(H,25,29)(H,26,30)(H,32,33)/t13-,14-,15-,16-,18-/m0/s1. The summed E-state index contributed by atoms with van der Waals surface area (Å²) in [6, 6.07) is -3.82. The molecule has 1 heterocycles. The number of carbonyl (C=O) groups is 5. The van der Waals surface area contributed by atoms with Crippen LogP contribution < -0.4 is 22.1 Å². The number of nitrogens with one attached hydrogen (secondary N) is 2. The summed E-state index contributed by atoms with van der Waals surface area (Å²) < 4.78 is 0. The minimum atomic E-state index is -1.14. The molecule has 0 unspecified atom stereocenters. The van der Waals surface area contributed by atoms with E-state index in [9.17, 15) is 29.1 Å². The van der Waals surface area contributed by atoms with Gasteiger partial charge in [-0.25, -0.2) is 4.79 Å². The van der Waals surface area contributed by atoms with Gasteiger partial charge in [0.25, 0.3) is 0 Å². The minimum absolute atomic E-state index is 0.0240. The lowest BCUT2D eigenvalue weighted by Gasteiger charge is -2.30. The molecule has 11 nitrogen and oxygen atoms in total. The Morgan fingerprint density at radius 3 is 2.27 bits per heavy atom. The molecule has 0 bridgehead atoms. The van der Waals surface area contributed by atoms with E-state index in [0.717, 1.165) is 0 Å². The number of aliphatic carboxylic acids is 1. The zero-order valence-corrected chi connectivity index (χ0v) is 20.0. The number of carbonyl (C=O) groups excluding carboxylic acids is 4. The van der Waals surface area contributed by atoms with Crippen LogP contribution in [0.15, 0.2) is 0 Å². The largest absolute Gasteiger partial charge is 0.480 e. The van der Waals surface area contributed by atoms with Crippen molar-refractivity contribution in [2.45, 2.75) is 90.4 Å². The Morgan fingerprint density at radius 1 is 1.12 bits per heavy atom. The van der Waals surface area contributed by atoms with Crippen LogP contribution in [0.2, 0.25) is 0 Å². The lowest BCUT2D eigenvalue weighted by molar-refractivity contribution is -0.146. The molecule has 5 atom stereocenters. The molecule has 0 radical (unpaired) electrons. The Bertz CT molecular complexity index is 728. The van der Waals surface area contributed by atoms with Crippen LogP contribution in [-0.2, 0) is 24.0 Å². The Kier molecular flexibility index (Phi) is 11.3. The average molecular weight is 470 g/mol. The van der Waals surface area contributed by atoms with Gasteiger partial charge in [-0.1, -0.05) is 34.1 Å². The summed E-state index contributed by atoms with van der Waals surface area (Å²) in [6.07, 6.45) is 1.74. The number of nitrogens with two attached hydrogens (primary N) is 2. The van der Waals surface area contributed by atoms with Crippen molar-refractivity contribution in [3.8, 4) is 0 Å². The third kappa shape index (κ3) is 8.64. The summed E-state index contributed by atoms with van der Waals surface area (Å²) >= 11 is 0. The van der Waals surface area contributed by atoms with Gasteiger partial charge in [-0.3, -0.25) is 19.2 Å². The molecule has 1 aliphatic heterocycles.